The van der Waals surface area contributed by atoms with E-state index in [-0.39, 0.29) is 0 Å². The molecular formula is C23H28N2O. The van der Waals surface area contributed by atoms with E-state index in [2.05, 4.69) is 64.4 Å². The Bertz CT molecular complexity index is 720. The summed E-state index contributed by atoms with van der Waals surface area (Å²) in [5, 5.41) is 0. The first-order chi connectivity index (χ1) is 12.8. The summed E-state index contributed by atoms with van der Waals surface area (Å²) in [5.41, 5.74) is 3.89. The van der Waals surface area contributed by atoms with Crippen LogP contribution < -0.4 is 0 Å². The summed E-state index contributed by atoms with van der Waals surface area (Å²) in [4.78, 5) is 16.9. The highest BCUT2D eigenvalue weighted by Gasteiger charge is 2.32. The van der Waals surface area contributed by atoms with Gasteiger partial charge in [-0.25, -0.2) is 0 Å². The predicted octanol–water partition coefficient (Wildman–Crippen LogP) is 4.33. The Hall–Kier alpha value is -2.13. The number of benzene rings is 2. The number of nitrogens with zero attached hydrogens (tertiary/aromatic N) is 2. The lowest BCUT2D eigenvalue weighted by Crippen LogP contribution is -2.41. The van der Waals surface area contributed by atoms with Gasteiger partial charge < -0.3 is 4.90 Å². The van der Waals surface area contributed by atoms with Gasteiger partial charge in [0.1, 0.15) is 0 Å². The van der Waals surface area contributed by atoms with Crippen LogP contribution in [0.25, 0.3) is 11.1 Å². The Morgan fingerprint density at radius 3 is 2.31 bits per heavy atom. The fourth-order valence-electron chi connectivity index (χ4n) is 4.25. The summed E-state index contributed by atoms with van der Waals surface area (Å²) < 4.78 is 0. The molecule has 0 radical (unpaired) electrons. The zero-order valence-corrected chi connectivity index (χ0v) is 15.4. The van der Waals surface area contributed by atoms with Crippen molar-refractivity contribution in [3.63, 3.8) is 0 Å². The number of aryl methyl sites for hydroxylation is 1. The van der Waals surface area contributed by atoms with Gasteiger partial charge in [0.25, 0.3) is 0 Å². The largest absolute Gasteiger partial charge is 0.327 e. The maximum Gasteiger partial charge on any atom is 0.223 e. The van der Waals surface area contributed by atoms with Crippen LogP contribution in [0.4, 0.5) is 0 Å². The van der Waals surface area contributed by atoms with Crippen LogP contribution in [-0.4, -0.2) is 41.5 Å². The highest BCUT2D eigenvalue weighted by Crippen LogP contribution is 2.25. The van der Waals surface area contributed by atoms with Crippen LogP contribution in [0.5, 0.6) is 0 Å². The number of rotatable bonds is 6. The third-order valence-corrected chi connectivity index (χ3v) is 5.83. The van der Waals surface area contributed by atoms with E-state index in [0.717, 1.165) is 45.4 Å². The molecule has 1 atom stereocenters. The third kappa shape index (κ3) is 3.99. The van der Waals surface area contributed by atoms with Crippen molar-refractivity contribution in [2.45, 2.75) is 44.6 Å². The van der Waals surface area contributed by atoms with Gasteiger partial charge in [-0.3, -0.25) is 9.69 Å². The summed E-state index contributed by atoms with van der Waals surface area (Å²) in [6, 6.07) is 19.8. The Kier molecular flexibility index (Phi) is 5.35. The van der Waals surface area contributed by atoms with Gasteiger partial charge in [0.15, 0.2) is 0 Å². The quantitative estimate of drug-likeness (QED) is 0.776. The van der Waals surface area contributed by atoms with Crippen LogP contribution in [0.2, 0.25) is 0 Å². The van der Waals surface area contributed by atoms with Crippen molar-refractivity contribution in [3.05, 3.63) is 60.2 Å². The molecule has 3 heteroatoms. The molecule has 2 heterocycles. The van der Waals surface area contributed by atoms with Gasteiger partial charge in [-0.15, -0.1) is 0 Å². The molecule has 2 aliphatic heterocycles. The van der Waals surface area contributed by atoms with Crippen LogP contribution in [-0.2, 0) is 11.2 Å². The lowest BCUT2D eigenvalue weighted by atomic mass is 10.00. The maximum absolute atomic E-state index is 12.3. The fraction of sp³-hybridized carbons (Fsp3) is 0.435. The molecule has 1 amide bonds. The van der Waals surface area contributed by atoms with Crippen LogP contribution in [0.3, 0.4) is 0 Å². The highest BCUT2D eigenvalue weighted by molar-refractivity contribution is 5.78. The molecule has 0 bridgehead atoms. The molecule has 0 aromatic heterocycles. The monoisotopic (exact) mass is 348 g/mol. The van der Waals surface area contributed by atoms with Gasteiger partial charge in [0, 0.05) is 12.5 Å². The Morgan fingerprint density at radius 1 is 0.885 bits per heavy atom. The summed E-state index contributed by atoms with van der Waals surface area (Å²) in [7, 11) is 0. The number of likely N-dealkylation sites (tertiary alicyclic amines) is 2. The van der Waals surface area contributed by atoms with E-state index in [4.69, 9.17) is 0 Å². The van der Waals surface area contributed by atoms with E-state index in [9.17, 15) is 4.79 Å². The highest BCUT2D eigenvalue weighted by atomic mass is 16.2. The van der Waals surface area contributed by atoms with Gasteiger partial charge in [0.2, 0.25) is 5.91 Å². The molecular weight excluding hydrogens is 320 g/mol. The summed E-state index contributed by atoms with van der Waals surface area (Å²) in [5.74, 6) is 0.348. The van der Waals surface area contributed by atoms with E-state index in [1.807, 2.05) is 0 Å². The Balaban J connectivity index is 1.34. The van der Waals surface area contributed by atoms with Gasteiger partial charge in [-0.2, -0.15) is 0 Å². The van der Waals surface area contributed by atoms with E-state index in [1.165, 1.54) is 29.5 Å². The van der Waals surface area contributed by atoms with E-state index in [0.29, 0.717) is 11.9 Å². The van der Waals surface area contributed by atoms with Crippen molar-refractivity contribution in [2.24, 2.45) is 0 Å². The number of carbonyl (C=O) groups is 1. The predicted molar refractivity (Wildman–Crippen MR) is 106 cm³/mol. The zero-order valence-electron chi connectivity index (χ0n) is 15.4. The molecule has 26 heavy (non-hydrogen) atoms. The van der Waals surface area contributed by atoms with Crippen molar-refractivity contribution in [3.8, 4) is 11.1 Å². The van der Waals surface area contributed by atoms with Crippen molar-refractivity contribution in [2.75, 3.05) is 19.8 Å². The summed E-state index contributed by atoms with van der Waals surface area (Å²) >= 11 is 0. The first-order valence-electron chi connectivity index (χ1n) is 9.96. The molecule has 3 nitrogen and oxygen atoms in total. The molecule has 0 unspecified atom stereocenters. The summed E-state index contributed by atoms with van der Waals surface area (Å²) in [6.07, 6.45) is 6.43. The van der Waals surface area contributed by atoms with Crippen LogP contribution >= 0.6 is 0 Å². The minimum absolute atomic E-state index is 0.348. The second kappa shape index (κ2) is 8.05. The van der Waals surface area contributed by atoms with Crippen molar-refractivity contribution < 1.29 is 4.79 Å². The first-order valence-corrected chi connectivity index (χ1v) is 9.96. The first kappa shape index (κ1) is 17.3. The second-order valence-electron chi connectivity index (χ2n) is 7.62. The van der Waals surface area contributed by atoms with E-state index in [1.54, 1.807) is 0 Å². The van der Waals surface area contributed by atoms with E-state index >= 15 is 0 Å². The molecule has 4 rings (SSSR count). The SMILES string of the molecule is O=C1CC[C@@H](CCc2ccc(-c3ccccc3)cc2)N1CN1CCCC1. The standard InChI is InChI=1S/C23H28N2O/c26-23-15-14-22(25(23)18-24-16-4-5-17-24)13-10-19-8-11-21(12-9-19)20-6-2-1-3-7-20/h1-3,6-9,11-12,22H,4-5,10,13-18H2/t22-/m1/s1. The van der Waals surface area contributed by atoms with Gasteiger partial charge in [0.05, 0.1) is 6.67 Å². The molecule has 0 N–H and O–H groups in total. The number of carbonyl (C=O) groups excluding carboxylic acids is 1. The number of hydrogen-bond donors (Lipinski definition) is 0. The third-order valence-electron chi connectivity index (χ3n) is 5.83. The average Bonchev–Trinajstić information content (AvgIpc) is 3.32. The normalized spacial score (nSPS) is 20.8. The van der Waals surface area contributed by atoms with Crippen molar-refractivity contribution in [1.82, 2.24) is 9.80 Å². The molecule has 2 aromatic carbocycles. The molecule has 2 fully saturated rings. The smallest absolute Gasteiger partial charge is 0.223 e. The number of hydrogen-bond acceptors (Lipinski definition) is 2. The molecule has 2 aliphatic rings. The van der Waals surface area contributed by atoms with Gasteiger partial charge in [-0.1, -0.05) is 54.6 Å². The number of amides is 1. The molecule has 2 saturated heterocycles. The molecule has 0 aliphatic carbocycles. The minimum atomic E-state index is 0.348. The van der Waals surface area contributed by atoms with Gasteiger partial charge >= 0.3 is 0 Å². The van der Waals surface area contributed by atoms with Crippen LogP contribution in [0.15, 0.2) is 54.6 Å². The van der Waals surface area contributed by atoms with Crippen molar-refractivity contribution >= 4 is 5.91 Å². The average molecular weight is 348 g/mol. The lowest BCUT2D eigenvalue weighted by Gasteiger charge is -2.29. The van der Waals surface area contributed by atoms with Crippen molar-refractivity contribution in [1.29, 1.82) is 0 Å². The maximum atomic E-state index is 12.3. The molecule has 136 valence electrons. The van der Waals surface area contributed by atoms with Gasteiger partial charge in [-0.05, 0) is 61.9 Å². The topological polar surface area (TPSA) is 23.6 Å². The lowest BCUT2D eigenvalue weighted by molar-refractivity contribution is -0.131. The fourth-order valence-corrected chi connectivity index (χ4v) is 4.25. The molecule has 0 saturated carbocycles. The van der Waals surface area contributed by atoms with Crippen LogP contribution in [0, 0.1) is 0 Å². The van der Waals surface area contributed by atoms with Crippen LogP contribution in [0.1, 0.15) is 37.7 Å². The molecule has 2 aromatic rings. The summed E-state index contributed by atoms with van der Waals surface area (Å²) in [6.45, 7) is 3.14. The molecule has 0 spiro atoms. The Morgan fingerprint density at radius 2 is 1.58 bits per heavy atom. The van der Waals surface area contributed by atoms with E-state index < -0.39 is 0 Å². The Labute approximate surface area is 156 Å². The minimum Gasteiger partial charge on any atom is -0.327 e. The second-order valence-corrected chi connectivity index (χ2v) is 7.62. The zero-order chi connectivity index (χ0) is 17.8.